The van der Waals surface area contributed by atoms with E-state index >= 15 is 0 Å². The molecule has 0 N–H and O–H groups in total. The first kappa shape index (κ1) is 22.1. The number of hydrogen-bond acceptors (Lipinski definition) is 4. The van der Waals surface area contributed by atoms with Crippen LogP contribution in [0.25, 0.3) is 11.6 Å². The van der Waals surface area contributed by atoms with Crippen LogP contribution in [0.5, 0.6) is 0 Å². The molecule has 4 nitrogen and oxygen atoms in total. The summed E-state index contributed by atoms with van der Waals surface area (Å²) in [4.78, 5) is 16.3. The molecule has 36 heavy (non-hydrogen) atoms. The number of para-hydroxylation sites is 1. The van der Waals surface area contributed by atoms with E-state index in [1.54, 1.807) is 0 Å². The maximum absolute atomic E-state index is 14.1. The highest BCUT2D eigenvalue weighted by atomic mass is 16.1. The van der Waals surface area contributed by atoms with E-state index in [2.05, 4.69) is 53.5 Å². The number of nitrogens with zero attached hydrogens (tertiary/aromatic N) is 3. The lowest BCUT2D eigenvalue weighted by atomic mass is 9.73. The minimum Gasteiger partial charge on any atom is -0.353 e. The Kier molecular flexibility index (Phi) is 5.51. The summed E-state index contributed by atoms with van der Waals surface area (Å²) in [6, 6.07) is 31.9. The van der Waals surface area contributed by atoms with Gasteiger partial charge >= 0.3 is 0 Å². The predicted molar refractivity (Wildman–Crippen MR) is 141 cm³/mol. The number of nitriles is 2. The summed E-state index contributed by atoms with van der Waals surface area (Å²) in [6.07, 6.45) is 6.15. The van der Waals surface area contributed by atoms with Gasteiger partial charge in [0.15, 0.2) is 5.78 Å². The first-order valence-electron chi connectivity index (χ1n) is 12.5. The summed E-state index contributed by atoms with van der Waals surface area (Å²) in [5.74, 6) is -0.105. The van der Waals surface area contributed by atoms with Gasteiger partial charge in [-0.2, -0.15) is 10.5 Å². The van der Waals surface area contributed by atoms with Crippen molar-refractivity contribution in [1.82, 2.24) is 0 Å². The second kappa shape index (κ2) is 8.99. The van der Waals surface area contributed by atoms with E-state index < -0.39 is 0 Å². The van der Waals surface area contributed by atoms with Gasteiger partial charge < -0.3 is 4.90 Å². The molecule has 4 heteroatoms. The van der Waals surface area contributed by atoms with Crippen molar-refractivity contribution < 1.29 is 4.79 Å². The van der Waals surface area contributed by atoms with Gasteiger partial charge in [0.05, 0.1) is 12.1 Å². The Morgan fingerprint density at radius 3 is 2.14 bits per heavy atom. The van der Waals surface area contributed by atoms with E-state index in [1.165, 1.54) is 0 Å². The summed E-state index contributed by atoms with van der Waals surface area (Å²) >= 11 is 0. The van der Waals surface area contributed by atoms with Crippen molar-refractivity contribution in [3.8, 4) is 12.1 Å². The molecule has 4 atom stereocenters. The molecule has 0 bridgehead atoms. The number of anilines is 1. The fourth-order valence-corrected chi connectivity index (χ4v) is 6.13. The van der Waals surface area contributed by atoms with Crippen LogP contribution in [0.2, 0.25) is 0 Å². The minimum absolute atomic E-state index is 0.0780. The van der Waals surface area contributed by atoms with E-state index in [0.29, 0.717) is 0 Å². The standard InChI is InChI=1S/C32H25N3O/c33-19-25(20-34)28(22-10-3-1-4-11-22)30-27-18-17-21-9-7-8-14-26(21)35(27)31(32(36)24-15-16-24)29(30)23-12-5-2-6-13-23/h1-14,17-18,24,27,29-31H,15-16H2/t27-,29-,30+,31+/m1/s1. The lowest BCUT2D eigenvalue weighted by molar-refractivity contribution is -0.121. The van der Waals surface area contributed by atoms with Gasteiger partial charge in [0.2, 0.25) is 0 Å². The average Bonchev–Trinajstić information content (AvgIpc) is 3.73. The van der Waals surface area contributed by atoms with Gasteiger partial charge in [-0.1, -0.05) is 91.0 Å². The lowest BCUT2D eigenvalue weighted by Gasteiger charge is -2.36. The number of rotatable bonds is 5. The monoisotopic (exact) mass is 467 g/mol. The SMILES string of the molecule is N#CC(C#N)=C(c1ccccc1)[C@H]1[C@@H](c2ccccc2)[C@@H](C(=O)C2CC2)N2c3ccccc3C=C[C@H]12. The molecule has 0 radical (unpaired) electrons. The normalized spacial score (nSPS) is 23.7. The number of carbonyl (C=O) groups is 1. The number of fused-ring (bicyclic) bond motifs is 3. The predicted octanol–water partition coefficient (Wildman–Crippen LogP) is 6.15. The molecule has 174 valence electrons. The molecule has 2 fully saturated rings. The molecule has 1 aliphatic carbocycles. The zero-order valence-electron chi connectivity index (χ0n) is 19.8. The van der Waals surface area contributed by atoms with Crippen LogP contribution >= 0.6 is 0 Å². The van der Waals surface area contributed by atoms with Crippen LogP contribution in [-0.4, -0.2) is 17.9 Å². The molecule has 1 saturated heterocycles. The third-order valence-electron chi connectivity index (χ3n) is 7.77. The Bertz CT molecular complexity index is 1440. The molecular weight excluding hydrogens is 442 g/mol. The molecular formula is C32H25N3O. The molecule has 0 aromatic heterocycles. The molecule has 3 aliphatic rings. The van der Waals surface area contributed by atoms with Gasteiger partial charge in [-0.25, -0.2) is 0 Å². The molecule has 0 unspecified atom stereocenters. The first-order valence-corrected chi connectivity index (χ1v) is 12.5. The maximum Gasteiger partial charge on any atom is 0.158 e. The van der Waals surface area contributed by atoms with Gasteiger partial charge in [0.25, 0.3) is 0 Å². The van der Waals surface area contributed by atoms with Gasteiger partial charge in [-0.3, -0.25) is 4.79 Å². The summed E-state index contributed by atoms with van der Waals surface area (Å²) in [5.41, 5.74) is 4.87. The Hall–Kier alpha value is -4.41. The highest BCUT2D eigenvalue weighted by molar-refractivity contribution is 5.96. The fraction of sp³-hybridized carbons (Fsp3) is 0.219. The Morgan fingerprint density at radius 1 is 0.833 bits per heavy atom. The molecule has 0 amide bonds. The molecule has 2 heterocycles. The first-order chi connectivity index (χ1) is 17.7. The molecule has 2 aliphatic heterocycles. The van der Waals surface area contributed by atoms with Gasteiger partial charge in [0.1, 0.15) is 17.7 Å². The summed E-state index contributed by atoms with van der Waals surface area (Å²) in [6.45, 7) is 0. The van der Waals surface area contributed by atoms with Crippen LogP contribution in [0.3, 0.4) is 0 Å². The number of Topliss-reactive ketones (excluding diaryl/α,β-unsaturated/α-hetero) is 1. The molecule has 6 rings (SSSR count). The number of allylic oxidation sites excluding steroid dienone is 1. The molecule has 3 aromatic rings. The third kappa shape index (κ3) is 3.55. The molecule has 3 aromatic carbocycles. The van der Waals surface area contributed by atoms with Crippen LogP contribution < -0.4 is 4.90 Å². The van der Waals surface area contributed by atoms with Crippen molar-refractivity contribution in [3.63, 3.8) is 0 Å². The van der Waals surface area contributed by atoms with Crippen molar-refractivity contribution in [2.45, 2.75) is 30.8 Å². The highest BCUT2D eigenvalue weighted by Crippen LogP contribution is 2.55. The van der Waals surface area contributed by atoms with Crippen molar-refractivity contribution in [2.75, 3.05) is 4.90 Å². The zero-order chi connectivity index (χ0) is 24.6. The second-order valence-corrected chi connectivity index (χ2v) is 9.78. The van der Waals surface area contributed by atoms with Crippen LogP contribution in [0.4, 0.5) is 5.69 Å². The topological polar surface area (TPSA) is 67.9 Å². The summed E-state index contributed by atoms with van der Waals surface area (Å²) in [5, 5.41) is 20.1. The van der Waals surface area contributed by atoms with E-state index in [1.807, 2.05) is 60.7 Å². The number of hydrogen-bond donors (Lipinski definition) is 0. The van der Waals surface area contributed by atoms with Crippen LogP contribution in [-0.2, 0) is 4.79 Å². The number of carbonyl (C=O) groups excluding carboxylic acids is 1. The van der Waals surface area contributed by atoms with Crippen molar-refractivity contribution in [3.05, 3.63) is 113 Å². The van der Waals surface area contributed by atoms with Crippen molar-refractivity contribution in [1.29, 1.82) is 10.5 Å². The Morgan fingerprint density at radius 2 is 1.47 bits per heavy atom. The van der Waals surface area contributed by atoms with Crippen LogP contribution in [0.1, 0.15) is 35.4 Å². The molecule has 1 saturated carbocycles. The smallest absolute Gasteiger partial charge is 0.158 e. The highest BCUT2D eigenvalue weighted by Gasteiger charge is 2.56. The minimum atomic E-state index is -0.377. The van der Waals surface area contributed by atoms with E-state index in [-0.39, 0.29) is 41.2 Å². The van der Waals surface area contributed by atoms with Crippen LogP contribution in [0, 0.1) is 34.5 Å². The van der Waals surface area contributed by atoms with E-state index in [0.717, 1.165) is 40.8 Å². The Balaban J connectivity index is 1.65. The van der Waals surface area contributed by atoms with Crippen molar-refractivity contribution in [2.24, 2.45) is 11.8 Å². The van der Waals surface area contributed by atoms with E-state index in [9.17, 15) is 15.3 Å². The van der Waals surface area contributed by atoms with E-state index in [4.69, 9.17) is 0 Å². The average molecular weight is 468 g/mol. The van der Waals surface area contributed by atoms with Crippen LogP contribution in [0.15, 0.2) is 96.6 Å². The van der Waals surface area contributed by atoms with Gasteiger partial charge in [0, 0.05) is 23.4 Å². The second-order valence-electron chi connectivity index (χ2n) is 9.78. The fourth-order valence-electron chi connectivity index (χ4n) is 6.13. The number of benzene rings is 3. The quantitative estimate of drug-likeness (QED) is 0.422. The summed E-state index contributed by atoms with van der Waals surface area (Å²) < 4.78 is 0. The largest absolute Gasteiger partial charge is 0.353 e. The van der Waals surface area contributed by atoms with Gasteiger partial charge in [-0.15, -0.1) is 0 Å². The lowest BCUT2D eigenvalue weighted by Crippen LogP contribution is -2.44. The Labute approximate surface area is 211 Å². The van der Waals surface area contributed by atoms with Gasteiger partial charge in [-0.05, 0) is 41.2 Å². The zero-order valence-corrected chi connectivity index (χ0v) is 19.8. The number of ketones is 1. The summed E-state index contributed by atoms with van der Waals surface area (Å²) in [7, 11) is 0. The van der Waals surface area contributed by atoms with Crippen molar-refractivity contribution >= 4 is 23.1 Å². The third-order valence-corrected chi connectivity index (χ3v) is 7.77. The molecule has 0 spiro atoms. The maximum atomic E-state index is 14.1.